The van der Waals surface area contributed by atoms with Gasteiger partial charge < -0.3 is 5.32 Å². The first-order valence-corrected chi connectivity index (χ1v) is 6.32. The molecule has 0 aliphatic rings. The van der Waals surface area contributed by atoms with E-state index in [1.807, 2.05) is 32.0 Å². The third-order valence-corrected chi connectivity index (χ3v) is 2.72. The Balaban J connectivity index is 2.62. The summed E-state index contributed by atoms with van der Waals surface area (Å²) in [6.07, 6.45) is 0.390. The molecule has 1 aromatic carbocycles. The summed E-state index contributed by atoms with van der Waals surface area (Å²) in [5.74, 6) is -0.507. The van der Waals surface area contributed by atoms with Crippen LogP contribution in [0.3, 0.4) is 0 Å². The van der Waals surface area contributed by atoms with Crippen molar-refractivity contribution in [2.24, 2.45) is 11.8 Å². The average molecular weight is 265 g/mol. The molecule has 0 aliphatic heterocycles. The third-order valence-electron chi connectivity index (χ3n) is 2.49. The van der Waals surface area contributed by atoms with Crippen molar-refractivity contribution in [2.45, 2.75) is 20.3 Å². The standard InChI is InChI=1S/C14H17ClN2O/c1-10(2)9-17-14(18)12(8-16)6-11-4-3-5-13(15)7-11/h3-5,7,10,12H,6,9H2,1-2H3,(H,17,18). The second kappa shape index (κ2) is 7.03. The number of hydrogen-bond donors (Lipinski definition) is 1. The normalized spacial score (nSPS) is 11.9. The summed E-state index contributed by atoms with van der Waals surface area (Å²) >= 11 is 5.87. The van der Waals surface area contributed by atoms with Crippen molar-refractivity contribution in [3.63, 3.8) is 0 Å². The van der Waals surface area contributed by atoms with Gasteiger partial charge in [0, 0.05) is 11.6 Å². The van der Waals surface area contributed by atoms with Crippen molar-refractivity contribution >= 4 is 17.5 Å². The van der Waals surface area contributed by atoms with Crippen LogP contribution in [0.2, 0.25) is 5.02 Å². The van der Waals surface area contributed by atoms with Gasteiger partial charge in [-0.3, -0.25) is 4.79 Å². The molecule has 0 aliphatic carbocycles. The van der Waals surface area contributed by atoms with Crippen LogP contribution in [0.4, 0.5) is 0 Å². The summed E-state index contributed by atoms with van der Waals surface area (Å²) < 4.78 is 0. The van der Waals surface area contributed by atoms with E-state index < -0.39 is 5.92 Å². The lowest BCUT2D eigenvalue weighted by atomic mass is 10.00. The first-order valence-electron chi connectivity index (χ1n) is 5.94. The van der Waals surface area contributed by atoms with Crippen LogP contribution < -0.4 is 5.32 Å². The van der Waals surface area contributed by atoms with Crippen LogP contribution in [0.1, 0.15) is 19.4 Å². The zero-order chi connectivity index (χ0) is 13.5. The lowest BCUT2D eigenvalue weighted by Crippen LogP contribution is -2.33. The van der Waals surface area contributed by atoms with Gasteiger partial charge in [-0.2, -0.15) is 5.26 Å². The molecule has 0 bridgehead atoms. The van der Waals surface area contributed by atoms with Crippen molar-refractivity contribution in [1.82, 2.24) is 5.32 Å². The van der Waals surface area contributed by atoms with Gasteiger partial charge in [0.25, 0.3) is 0 Å². The Morgan fingerprint density at radius 1 is 1.50 bits per heavy atom. The number of carbonyl (C=O) groups excluding carboxylic acids is 1. The molecule has 0 aromatic heterocycles. The number of hydrogen-bond acceptors (Lipinski definition) is 2. The highest BCUT2D eigenvalue weighted by Crippen LogP contribution is 2.14. The molecule has 3 nitrogen and oxygen atoms in total. The molecule has 1 unspecified atom stereocenters. The van der Waals surface area contributed by atoms with E-state index in [2.05, 4.69) is 5.32 Å². The summed E-state index contributed by atoms with van der Waals surface area (Å²) in [4.78, 5) is 11.8. The van der Waals surface area contributed by atoms with Gasteiger partial charge in [-0.15, -0.1) is 0 Å². The molecular formula is C14H17ClN2O. The molecule has 1 N–H and O–H groups in total. The third kappa shape index (κ3) is 4.77. The molecule has 1 amide bonds. The molecule has 0 fully saturated rings. The van der Waals surface area contributed by atoms with Crippen molar-refractivity contribution in [3.8, 4) is 6.07 Å². The van der Waals surface area contributed by atoms with Crippen LogP contribution in [0.5, 0.6) is 0 Å². The molecule has 1 rings (SSSR count). The number of halogens is 1. The summed E-state index contributed by atoms with van der Waals surface area (Å²) in [5.41, 5.74) is 0.897. The zero-order valence-electron chi connectivity index (χ0n) is 10.6. The van der Waals surface area contributed by atoms with Gasteiger partial charge in [0.05, 0.1) is 6.07 Å². The number of nitriles is 1. The molecule has 18 heavy (non-hydrogen) atoms. The van der Waals surface area contributed by atoms with Gasteiger partial charge in [0.2, 0.25) is 5.91 Å². The molecule has 96 valence electrons. The van der Waals surface area contributed by atoms with E-state index in [4.69, 9.17) is 16.9 Å². The topological polar surface area (TPSA) is 52.9 Å². The average Bonchev–Trinajstić information content (AvgIpc) is 2.33. The van der Waals surface area contributed by atoms with E-state index in [-0.39, 0.29) is 5.91 Å². The highest BCUT2D eigenvalue weighted by molar-refractivity contribution is 6.30. The van der Waals surface area contributed by atoms with Crippen LogP contribution in [0.15, 0.2) is 24.3 Å². The molecule has 0 saturated heterocycles. The van der Waals surface area contributed by atoms with E-state index in [9.17, 15) is 4.79 Å². The molecular weight excluding hydrogens is 248 g/mol. The highest BCUT2D eigenvalue weighted by atomic mass is 35.5. The predicted molar refractivity (Wildman–Crippen MR) is 72.1 cm³/mol. The lowest BCUT2D eigenvalue weighted by molar-refractivity contribution is -0.123. The van der Waals surface area contributed by atoms with E-state index in [0.29, 0.717) is 23.9 Å². The summed E-state index contributed by atoms with van der Waals surface area (Å²) in [5, 5.41) is 12.4. The molecule has 1 aromatic rings. The first kappa shape index (κ1) is 14.5. The monoisotopic (exact) mass is 264 g/mol. The van der Waals surface area contributed by atoms with Gasteiger partial charge >= 0.3 is 0 Å². The fraction of sp³-hybridized carbons (Fsp3) is 0.429. The Bertz CT molecular complexity index is 451. The first-order chi connectivity index (χ1) is 8.52. The second-order valence-electron chi connectivity index (χ2n) is 4.65. The van der Waals surface area contributed by atoms with Crippen LogP contribution in [-0.2, 0) is 11.2 Å². The van der Waals surface area contributed by atoms with Crippen LogP contribution in [0.25, 0.3) is 0 Å². The number of nitrogens with zero attached hydrogens (tertiary/aromatic N) is 1. The van der Waals surface area contributed by atoms with Gasteiger partial charge in [-0.1, -0.05) is 37.6 Å². The Kier molecular flexibility index (Phi) is 5.67. The Morgan fingerprint density at radius 2 is 2.22 bits per heavy atom. The SMILES string of the molecule is CC(C)CNC(=O)C(C#N)Cc1cccc(Cl)c1. The lowest BCUT2D eigenvalue weighted by Gasteiger charge is -2.12. The number of rotatable bonds is 5. The molecule has 1 atom stereocenters. The van der Waals surface area contributed by atoms with Crippen LogP contribution in [-0.4, -0.2) is 12.5 Å². The van der Waals surface area contributed by atoms with Crippen molar-refractivity contribution in [2.75, 3.05) is 6.54 Å². The fourth-order valence-electron chi connectivity index (χ4n) is 1.52. The Hall–Kier alpha value is -1.53. The van der Waals surface area contributed by atoms with E-state index >= 15 is 0 Å². The molecule has 4 heteroatoms. The fourth-order valence-corrected chi connectivity index (χ4v) is 1.74. The van der Waals surface area contributed by atoms with E-state index in [1.165, 1.54) is 0 Å². The maximum absolute atomic E-state index is 11.8. The Morgan fingerprint density at radius 3 is 2.78 bits per heavy atom. The van der Waals surface area contributed by atoms with Gasteiger partial charge in [-0.05, 0) is 30.0 Å². The largest absolute Gasteiger partial charge is 0.355 e. The predicted octanol–water partition coefficient (Wildman–Crippen LogP) is 2.79. The van der Waals surface area contributed by atoms with Gasteiger partial charge in [0.1, 0.15) is 5.92 Å². The molecule has 0 radical (unpaired) electrons. The highest BCUT2D eigenvalue weighted by Gasteiger charge is 2.18. The second-order valence-corrected chi connectivity index (χ2v) is 5.09. The summed E-state index contributed by atoms with van der Waals surface area (Å²) in [6, 6.07) is 9.27. The van der Waals surface area contributed by atoms with Crippen molar-refractivity contribution in [1.29, 1.82) is 5.26 Å². The number of nitrogens with one attached hydrogen (secondary N) is 1. The zero-order valence-corrected chi connectivity index (χ0v) is 11.4. The molecule has 0 heterocycles. The molecule has 0 saturated carbocycles. The van der Waals surface area contributed by atoms with E-state index in [0.717, 1.165) is 5.56 Å². The van der Waals surface area contributed by atoms with Gasteiger partial charge in [-0.25, -0.2) is 0 Å². The maximum Gasteiger partial charge on any atom is 0.237 e. The molecule has 0 spiro atoms. The van der Waals surface area contributed by atoms with Crippen molar-refractivity contribution in [3.05, 3.63) is 34.9 Å². The minimum absolute atomic E-state index is 0.217. The quantitative estimate of drug-likeness (QED) is 0.889. The maximum atomic E-state index is 11.8. The van der Waals surface area contributed by atoms with Crippen LogP contribution in [0, 0.1) is 23.2 Å². The van der Waals surface area contributed by atoms with Crippen LogP contribution >= 0.6 is 11.6 Å². The Labute approximate surface area is 113 Å². The van der Waals surface area contributed by atoms with Gasteiger partial charge in [0.15, 0.2) is 0 Å². The smallest absolute Gasteiger partial charge is 0.237 e. The van der Waals surface area contributed by atoms with E-state index in [1.54, 1.807) is 12.1 Å². The summed E-state index contributed by atoms with van der Waals surface area (Å²) in [6.45, 7) is 4.61. The number of carbonyl (C=O) groups is 1. The summed E-state index contributed by atoms with van der Waals surface area (Å²) in [7, 11) is 0. The van der Waals surface area contributed by atoms with Crippen molar-refractivity contribution < 1.29 is 4.79 Å². The number of amides is 1. The minimum Gasteiger partial charge on any atom is -0.355 e. The minimum atomic E-state index is -0.665. The number of benzene rings is 1.